The van der Waals surface area contributed by atoms with Crippen LogP contribution in [0.5, 0.6) is 5.75 Å². The van der Waals surface area contributed by atoms with E-state index in [-0.39, 0.29) is 36.8 Å². The first-order valence-electron chi connectivity index (χ1n) is 11.8. The van der Waals surface area contributed by atoms with Crippen LogP contribution in [-0.4, -0.2) is 47.9 Å². The van der Waals surface area contributed by atoms with Gasteiger partial charge in [-0.3, -0.25) is 9.59 Å². The number of carbonyl (C=O) groups excluding carboxylic acids is 2. The van der Waals surface area contributed by atoms with Crippen molar-refractivity contribution in [1.29, 1.82) is 0 Å². The van der Waals surface area contributed by atoms with E-state index in [4.69, 9.17) is 16.3 Å². The molecule has 0 saturated heterocycles. The van der Waals surface area contributed by atoms with Gasteiger partial charge in [-0.2, -0.15) is 0 Å². The molecule has 2 aromatic carbocycles. The number of carbonyl (C=O) groups is 2. The molecule has 3 aromatic rings. The van der Waals surface area contributed by atoms with Gasteiger partial charge in [0.2, 0.25) is 5.91 Å². The Bertz CT molecular complexity index is 1230. The molecule has 5 nitrogen and oxygen atoms in total. The highest BCUT2D eigenvalue weighted by Crippen LogP contribution is 2.35. The summed E-state index contributed by atoms with van der Waals surface area (Å²) >= 11 is 7.78. The van der Waals surface area contributed by atoms with Crippen LogP contribution in [0, 0.1) is 11.7 Å². The van der Waals surface area contributed by atoms with E-state index >= 15 is 0 Å². The lowest BCUT2D eigenvalue weighted by atomic mass is 10.0. The van der Waals surface area contributed by atoms with Crippen LogP contribution >= 0.6 is 22.9 Å². The third kappa shape index (κ3) is 5.68. The number of rotatable bonds is 8. The number of hydrogen-bond acceptors (Lipinski definition) is 4. The summed E-state index contributed by atoms with van der Waals surface area (Å²) in [6.07, 6.45) is 2.90. The zero-order valence-corrected chi connectivity index (χ0v) is 20.7. The first kappa shape index (κ1) is 23.8. The lowest BCUT2D eigenvalue weighted by molar-refractivity contribution is -0.135. The number of thiophene rings is 1. The van der Waals surface area contributed by atoms with E-state index in [0.29, 0.717) is 35.3 Å². The summed E-state index contributed by atoms with van der Waals surface area (Å²) < 4.78 is 19.5. The molecule has 1 atom stereocenters. The van der Waals surface area contributed by atoms with Crippen LogP contribution in [0.1, 0.15) is 39.7 Å². The highest BCUT2D eigenvalue weighted by molar-refractivity contribution is 7.10. The Labute approximate surface area is 213 Å². The Hall–Kier alpha value is -2.90. The number of hydrogen-bond donors (Lipinski definition) is 0. The van der Waals surface area contributed by atoms with Crippen molar-refractivity contribution in [1.82, 2.24) is 9.80 Å². The second kappa shape index (κ2) is 10.4. The van der Waals surface area contributed by atoms with Gasteiger partial charge in [0.05, 0.1) is 6.04 Å². The van der Waals surface area contributed by atoms with Gasteiger partial charge in [-0.15, -0.1) is 11.3 Å². The van der Waals surface area contributed by atoms with Gasteiger partial charge in [-0.25, -0.2) is 4.39 Å². The molecule has 1 saturated carbocycles. The van der Waals surface area contributed by atoms with Crippen molar-refractivity contribution in [2.45, 2.75) is 25.3 Å². The van der Waals surface area contributed by atoms with Crippen molar-refractivity contribution in [2.75, 3.05) is 26.2 Å². The van der Waals surface area contributed by atoms with Crippen molar-refractivity contribution < 1.29 is 18.7 Å². The van der Waals surface area contributed by atoms with Crippen LogP contribution in [0.2, 0.25) is 5.02 Å². The maximum Gasteiger partial charge on any atom is 0.254 e. The monoisotopic (exact) mass is 512 g/mol. The van der Waals surface area contributed by atoms with Gasteiger partial charge in [-0.05, 0) is 72.5 Å². The average Bonchev–Trinajstić information content (AvgIpc) is 3.54. The van der Waals surface area contributed by atoms with Crippen LogP contribution in [0.3, 0.4) is 0 Å². The second-order valence-electron chi connectivity index (χ2n) is 9.06. The summed E-state index contributed by atoms with van der Waals surface area (Å²) in [5, 5.41) is 2.51. The number of nitrogens with zero attached hydrogens (tertiary/aromatic N) is 2. The van der Waals surface area contributed by atoms with Crippen LogP contribution in [0.15, 0.2) is 60.0 Å². The molecule has 8 heteroatoms. The molecule has 2 heterocycles. The minimum absolute atomic E-state index is 0.00220. The molecular formula is C27H26ClFN2O3S. The van der Waals surface area contributed by atoms with E-state index in [2.05, 4.69) is 0 Å². The van der Waals surface area contributed by atoms with E-state index in [1.807, 2.05) is 11.4 Å². The van der Waals surface area contributed by atoms with E-state index in [0.717, 1.165) is 24.8 Å². The third-order valence-corrected chi connectivity index (χ3v) is 7.71. The Morgan fingerprint density at radius 2 is 1.97 bits per heavy atom. The largest absolute Gasteiger partial charge is 0.491 e. The lowest BCUT2D eigenvalue weighted by Gasteiger charge is -2.37. The first-order chi connectivity index (χ1) is 17.0. The predicted octanol–water partition coefficient (Wildman–Crippen LogP) is 5.60. The summed E-state index contributed by atoms with van der Waals surface area (Å²) in [7, 11) is 0. The summed E-state index contributed by atoms with van der Waals surface area (Å²) in [6, 6.07) is 14.6. The van der Waals surface area contributed by atoms with Gasteiger partial charge in [0, 0.05) is 34.6 Å². The molecule has 1 unspecified atom stereocenters. The van der Waals surface area contributed by atoms with E-state index < -0.39 is 0 Å². The van der Waals surface area contributed by atoms with Crippen LogP contribution in [-0.2, 0) is 11.2 Å². The van der Waals surface area contributed by atoms with E-state index in [9.17, 15) is 14.0 Å². The molecule has 182 valence electrons. The molecular weight excluding hydrogens is 487 g/mol. The molecule has 0 radical (unpaired) electrons. The third-order valence-electron chi connectivity index (χ3n) is 6.48. The first-order valence-corrected chi connectivity index (χ1v) is 13.0. The van der Waals surface area contributed by atoms with Gasteiger partial charge in [0.25, 0.3) is 5.91 Å². The van der Waals surface area contributed by atoms with Gasteiger partial charge < -0.3 is 14.5 Å². The standard InChI is InChI=1S/C27H26ClFN2O3S/c28-20-4-1-3-19(13-20)27(33)30(15-18-7-8-18)16-26(32)31-11-9-25-23(10-12-35-25)24(31)17-34-22-6-2-5-21(29)14-22/h1-6,10,12-14,18,24H,7-9,11,15-17H2. The summed E-state index contributed by atoms with van der Waals surface area (Å²) in [5.41, 5.74) is 1.54. The fourth-order valence-electron chi connectivity index (χ4n) is 4.50. The topological polar surface area (TPSA) is 49.9 Å². The predicted molar refractivity (Wildman–Crippen MR) is 134 cm³/mol. The molecule has 1 aliphatic carbocycles. The Kier molecular flexibility index (Phi) is 7.07. The molecule has 2 amide bonds. The van der Waals surface area contributed by atoms with Gasteiger partial charge in [0.15, 0.2) is 0 Å². The van der Waals surface area contributed by atoms with Crippen molar-refractivity contribution in [3.8, 4) is 5.75 Å². The fourth-order valence-corrected chi connectivity index (χ4v) is 5.61. The lowest BCUT2D eigenvalue weighted by Crippen LogP contribution is -2.48. The van der Waals surface area contributed by atoms with Crippen LogP contribution in [0.4, 0.5) is 4.39 Å². The van der Waals surface area contributed by atoms with E-state index in [1.54, 1.807) is 57.5 Å². The summed E-state index contributed by atoms with van der Waals surface area (Å²) in [5.74, 6) is 0.180. The number of benzene rings is 2. The van der Waals surface area contributed by atoms with Gasteiger partial charge in [0.1, 0.15) is 24.7 Å². The minimum atomic E-state index is -0.370. The Morgan fingerprint density at radius 3 is 2.74 bits per heavy atom. The maximum absolute atomic E-state index is 13.6. The molecule has 5 rings (SSSR count). The number of halogens is 2. The van der Waals surface area contributed by atoms with Gasteiger partial charge >= 0.3 is 0 Å². The van der Waals surface area contributed by atoms with Crippen LogP contribution in [0.25, 0.3) is 0 Å². The molecule has 2 aliphatic rings. The van der Waals surface area contributed by atoms with Crippen molar-refractivity contribution in [3.05, 3.63) is 86.8 Å². The molecule has 1 aromatic heterocycles. The SMILES string of the molecule is O=C(c1cccc(Cl)c1)N(CC(=O)N1CCc2sccc2C1COc1cccc(F)c1)CC1CC1. The molecule has 0 spiro atoms. The van der Waals surface area contributed by atoms with Crippen LogP contribution < -0.4 is 4.74 Å². The number of amides is 2. The van der Waals surface area contributed by atoms with Gasteiger partial charge in [-0.1, -0.05) is 23.7 Å². The zero-order valence-electron chi connectivity index (χ0n) is 19.2. The Balaban J connectivity index is 1.34. The zero-order chi connectivity index (χ0) is 24.4. The van der Waals surface area contributed by atoms with Crippen molar-refractivity contribution in [3.63, 3.8) is 0 Å². The smallest absolute Gasteiger partial charge is 0.254 e. The molecule has 1 aliphatic heterocycles. The molecule has 0 bridgehead atoms. The quantitative estimate of drug-likeness (QED) is 0.395. The fraction of sp³-hybridized carbons (Fsp3) is 0.333. The Morgan fingerprint density at radius 1 is 1.14 bits per heavy atom. The maximum atomic E-state index is 13.6. The number of fused-ring (bicyclic) bond motifs is 1. The second-order valence-corrected chi connectivity index (χ2v) is 10.5. The average molecular weight is 513 g/mol. The van der Waals surface area contributed by atoms with Crippen molar-refractivity contribution >= 4 is 34.8 Å². The highest BCUT2D eigenvalue weighted by atomic mass is 35.5. The molecule has 35 heavy (non-hydrogen) atoms. The van der Waals surface area contributed by atoms with Crippen molar-refractivity contribution in [2.24, 2.45) is 5.92 Å². The normalized spacial score (nSPS) is 17.1. The molecule has 1 fully saturated rings. The number of ether oxygens (including phenoxy) is 1. The summed E-state index contributed by atoms with van der Waals surface area (Å²) in [4.78, 5) is 31.6. The summed E-state index contributed by atoms with van der Waals surface area (Å²) in [6.45, 7) is 1.31. The highest BCUT2D eigenvalue weighted by Gasteiger charge is 2.35. The van der Waals surface area contributed by atoms with E-state index in [1.165, 1.54) is 17.0 Å². The minimum Gasteiger partial charge on any atom is -0.491 e. The molecule has 0 N–H and O–H groups in total.